The van der Waals surface area contributed by atoms with Crippen molar-refractivity contribution in [2.24, 2.45) is 0 Å². The molecule has 1 aliphatic rings. The number of hydrogen-bond acceptors (Lipinski definition) is 5. The van der Waals surface area contributed by atoms with Crippen molar-refractivity contribution in [3.05, 3.63) is 24.8 Å². The molecule has 0 spiro atoms. The maximum atomic E-state index is 11.7. The number of carbonyl (C=O) groups excluding carboxylic acids is 2. The molecule has 0 radical (unpaired) electrons. The third kappa shape index (κ3) is 6.58. The topological polar surface area (TPSA) is 61.8 Å². The molecule has 0 aromatic rings. The lowest BCUT2D eigenvalue weighted by Crippen LogP contribution is -2.30. The molecular weight excluding hydrogens is 272 g/mol. The fourth-order valence-electron chi connectivity index (χ4n) is 2.18. The largest absolute Gasteiger partial charge is 0.457 e. The van der Waals surface area contributed by atoms with Gasteiger partial charge in [-0.3, -0.25) is 0 Å². The standard InChI is InChI=1S/C16H24O5/c1-4-5-10-19-11-13(2)15(18)20-12-14(17)21-16(3)8-6-7-9-16/h4H,1-2,5-12H2,3H3. The summed E-state index contributed by atoms with van der Waals surface area (Å²) < 4.78 is 15.4. The van der Waals surface area contributed by atoms with Gasteiger partial charge in [0.2, 0.25) is 0 Å². The highest BCUT2D eigenvalue weighted by Gasteiger charge is 2.32. The molecule has 0 heterocycles. The average Bonchev–Trinajstić information content (AvgIpc) is 2.87. The molecule has 0 atom stereocenters. The minimum atomic E-state index is -0.637. The summed E-state index contributed by atoms with van der Waals surface area (Å²) in [6, 6.07) is 0. The third-order valence-electron chi connectivity index (χ3n) is 3.37. The van der Waals surface area contributed by atoms with Crippen LogP contribution < -0.4 is 0 Å². The van der Waals surface area contributed by atoms with Crippen molar-refractivity contribution in [3.8, 4) is 0 Å². The van der Waals surface area contributed by atoms with Gasteiger partial charge in [0, 0.05) is 0 Å². The normalized spacial score (nSPS) is 16.2. The lowest BCUT2D eigenvalue weighted by molar-refractivity contribution is -0.167. The van der Waals surface area contributed by atoms with Gasteiger partial charge in [-0.15, -0.1) is 6.58 Å². The maximum Gasteiger partial charge on any atom is 0.344 e. The van der Waals surface area contributed by atoms with E-state index in [9.17, 15) is 9.59 Å². The number of rotatable bonds is 9. The van der Waals surface area contributed by atoms with Crippen molar-refractivity contribution < 1.29 is 23.8 Å². The van der Waals surface area contributed by atoms with Crippen LogP contribution in [0.4, 0.5) is 0 Å². The summed E-state index contributed by atoms with van der Waals surface area (Å²) in [4.78, 5) is 23.3. The number of esters is 2. The molecule has 1 fully saturated rings. The van der Waals surface area contributed by atoms with Crippen molar-refractivity contribution in [1.29, 1.82) is 0 Å². The summed E-state index contributed by atoms with van der Waals surface area (Å²) in [6.45, 7) is 9.20. The Balaban J connectivity index is 2.20. The first-order valence-electron chi connectivity index (χ1n) is 7.22. The van der Waals surface area contributed by atoms with E-state index in [0.29, 0.717) is 13.0 Å². The number of ether oxygens (including phenoxy) is 3. The van der Waals surface area contributed by atoms with Crippen LogP contribution in [0.5, 0.6) is 0 Å². The smallest absolute Gasteiger partial charge is 0.344 e. The first-order chi connectivity index (χ1) is 9.97. The molecule has 0 amide bonds. The van der Waals surface area contributed by atoms with Gasteiger partial charge in [-0.2, -0.15) is 0 Å². The van der Waals surface area contributed by atoms with Crippen LogP contribution in [0.1, 0.15) is 39.0 Å². The molecule has 1 rings (SSSR count). The Hall–Kier alpha value is -1.62. The number of carbonyl (C=O) groups is 2. The monoisotopic (exact) mass is 296 g/mol. The van der Waals surface area contributed by atoms with Crippen molar-refractivity contribution in [1.82, 2.24) is 0 Å². The fraction of sp³-hybridized carbons (Fsp3) is 0.625. The van der Waals surface area contributed by atoms with Crippen molar-refractivity contribution in [2.45, 2.75) is 44.6 Å². The van der Waals surface area contributed by atoms with Crippen LogP contribution in [0, 0.1) is 0 Å². The van der Waals surface area contributed by atoms with Gasteiger partial charge in [0.1, 0.15) is 5.60 Å². The summed E-state index contributed by atoms with van der Waals surface area (Å²) in [6.07, 6.45) is 6.26. The highest BCUT2D eigenvalue weighted by Crippen LogP contribution is 2.32. The van der Waals surface area contributed by atoms with Gasteiger partial charge in [0.05, 0.1) is 18.8 Å². The van der Waals surface area contributed by atoms with Crippen LogP contribution in [0.15, 0.2) is 24.8 Å². The van der Waals surface area contributed by atoms with Crippen LogP contribution in [-0.2, 0) is 23.8 Å². The van der Waals surface area contributed by atoms with E-state index in [0.717, 1.165) is 25.7 Å². The van der Waals surface area contributed by atoms with Crippen LogP contribution >= 0.6 is 0 Å². The summed E-state index contributed by atoms with van der Waals surface area (Å²) in [5, 5.41) is 0. The fourth-order valence-corrected chi connectivity index (χ4v) is 2.18. The van der Waals surface area contributed by atoms with E-state index in [-0.39, 0.29) is 18.8 Å². The maximum absolute atomic E-state index is 11.7. The van der Waals surface area contributed by atoms with Gasteiger partial charge in [0.25, 0.3) is 0 Å². The zero-order valence-corrected chi connectivity index (χ0v) is 12.7. The van der Waals surface area contributed by atoms with E-state index < -0.39 is 17.5 Å². The second-order valence-corrected chi connectivity index (χ2v) is 5.44. The molecule has 5 heteroatoms. The molecule has 0 unspecified atom stereocenters. The highest BCUT2D eigenvalue weighted by molar-refractivity contribution is 5.89. The summed E-state index contributed by atoms with van der Waals surface area (Å²) in [7, 11) is 0. The molecule has 0 aliphatic heterocycles. The van der Waals surface area contributed by atoms with Crippen LogP contribution in [0.2, 0.25) is 0 Å². The Morgan fingerprint density at radius 2 is 1.90 bits per heavy atom. The van der Waals surface area contributed by atoms with Crippen LogP contribution in [-0.4, -0.2) is 37.4 Å². The van der Waals surface area contributed by atoms with Gasteiger partial charge in [-0.05, 0) is 39.0 Å². The van der Waals surface area contributed by atoms with Gasteiger partial charge >= 0.3 is 11.9 Å². The zero-order chi connectivity index (χ0) is 15.7. The number of hydrogen-bond donors (Lipinski definition) is 0. The molecule has 1 aliphatic carbocycles. The van der Waals surface area contributed by atoms with Crippen molar-refractivity contribution in [2.75, 3.05) is 19.8 Å². The molecular formula is C16H24O5. The van der Waals surface area contributed by atoms with Crippen molar-refractivity contribution >= 4 is 11.9 Å². The SMILES string of the molecule is C=CCCOCC(=C)C(=O)OCC(=O)OC1(C)CCCC1. The first kappa shape index (κ1) is 17.4. The first-order valence-corrected chi connectivity index (χ1v) is 7.22. The molecule has 0 bridgehead atoms. The molecule has 1 saturated carbocycles. The minimum absolute atomic E-state index is 0.0828. The van der Waals surface area contributed by atoms with Gasteiger partial charge in [-0.25, -0.2) is 9.59 Å². The Bertz CT molecular complexity index is 393. The molecule has 0 N–H and O–H groups in total. The Morgan fingerprint density at radius 3 is 2.52 bits per heavy atom. The second kappa shape index (κ2) is 8.62. The van der Waals surface area contributed by atoms with Gasteiger partial charge in [-0.1, -0.05) is 12.7 Å². The Morgan fingerprint density at radius 1 is 1.24 bits per heavy atom. The zero-order valence-electron chi connectivity index (χ0n) is 12.7. The lowest BCUT2D eigenvalue weighted by Gasteiger charge is -2.23. The second-order valence-electron chi connectivity index (χ2n) is 5.44. The molecule has 5 nitrogen and oxygen atoms in total. The van der Waals surface area contributed by atoms with E-state index in [2.05, 4.69) is 13.2 Å². The van der Waals surface area contributed by atoms with Gasteiger partial charge in [0.15, 0.2) is 6.61 Å². The summed E-state index contributed by atoms with van der Waals surface area (Å²) in [5.74, 6) is -1.16. The molecule has 0 aromatic carbocycles. The van der Waals surface area contributed by atoms with Gasteiger partial charge < -0.3 is 14.2 Å². The Kier molecular flexibility index (Phi) is 7.15. The van der Waals surface area contributed by atoms with Crippen molar-refractivity contribution in [3.63, 3.8) is 0 Å². The van der Waals surface area contributed by atoms with E-state index in [1.54, 1.807) is 6.08 Å². The highest BCUT2D eigenvalue weighted by atomic mass is 16.6. The summed E-state index contributed by atoms with van der Waals surface area (Å²) in [5.41, 5.74) is -0.229. The summed E-state index contributed by atoms with van der Waals surface area (Å²) >= 11 is 0. The molecule has 118 valence electrons. The van der Waals surface area contributed by atoms with E-state index in [1.165, 1.54) is 0 Å². The average molecular weight is 296 g/mol. The van der Waals surface area contributed by atoms with E-state index in [1.807, 2.05) is 6.92 Å². The quantitative estimate of drug-likeness (QED) is 0.283. The predicted molar refractivity (Wildman–Crippen MR) is 78.7 cm³/mol. The minimum Gasteiger partial charge on any atom is -0.457 e. The Labute approximate surface area is 125 Å². The lowest BCUT2D eigenvalue weighted by atomic mass is 10.1. The molecule has 0 aromatic heterocycles. The van der Waals surface area contributed by atoms with E-state index in [4.69, 9.17) is 14.2 Å². The molecule has 0 saturated heterocycles. The molecule has 21 heavy (non-hydrogen) atoms. The predicted octanol–water partition coefficient (Wildman–Crippen LogP) is 2.55. The van der Waals surface area contributed by atoms with E-state index >= 15 is 0 Å². The van der Waals surface area contributed by atoms with Crippen LogP contribution in [0.3, 0.4) is 0 Å². The van der Waals surface area contributed by atoms with Crippen LogP contribution in [0.25, 0.3) is 0 Å². The third-order valence-corrected chi connectivity index (χ3v) is 3.37.